The monoisotopic (exact) mass is 416 g/mol. The van der Waals surface area contributed by atoms with Gasteiger partial charge in [-0.05, 0) is 24.3 Å². The Morgan fingerprint density at radius 3 is 1.68 bits per heavy atom. The van der Waals surface area contributed by atoms with Crippen molar-refractivity contribution in [3.8, 4) is 0 Å². The summed E-state index contributed by atoms with van der Waals surface area (Å²) in [6, 6.07) is 21.8. The van der Waals surface area contributed by atoms with E-state index in [9.17, 15) is 0 Å². The first-order chi connectivity index (χ1) is 9.32. The van der Waals surface area contributed by atoms with Gasteiger partial charge in [0.1, 0.15) is 0 Å². The Bertz CT molecular complexity index is 587. The maximum Gasteiger partial charge on any atom is 0.323 e. The Morgan fingerprint density at radius 1 is 0.864 bits per heavy atom. The summed E-state index contributed by atoms with van der Waals surface area (Å²) in [7, 11) is 0.931. The molecule has 3 rings (SSSR count). The first-order valence-corrected chi connectivity index (χ1v) is 8.81. The molecule has 5 radical (unpaired) electrons. The average Bonchev–Trinajstić information content (AvgIpc) is 3.03. The predicted octanol–water partition coefficient (Wildman–Crippen LogP) is 3.99. The average molecular weight is 415 g/mol. The number of hydrogen-bond acceptors (Lipinski definition) is 0. The Balaban J connectivity index is 0. The Morgan fingerprint density at radius 2 is 1.32 bits per heavy atom. The van der Waals surface area contributed by atoms with E-state index in [0.717, 1.165) is 6.42 Å². The van der Waals surface area contributed by atoms with Crippen molar-refractivity contribution in [1.29, 1.82) is 0 Å². The van der Waals surface area contributed by atoms with Gasteiger partial charge in [-0.3, -0.25) is 0 Å². The van der Waals surface area contributed by atoms with Gasteiger partial charge in [0.15, 0.2) is 0 Å². The van der Waals surface area contributed by atoms with Gasteiger partial charge in [0.05, 0.1) is 23.1 Å². The molecule has 22 heavy (non-hydrogen) atoms. The van der Waals surface area contributed by atoms with Crippen LogP contribution in [0.4, 0.5) is 0 Å². The van der Waals surface area contributed by atoms with Gasteiger partial charge in [-0.2, -0.15) is 0 Å². The third-order valence-electron chi connectivity index (χ3n) is 3.76. The molecule has 3 heteroatoms. The first-order valence-electron chi connectivity index (χ1n) is 6.57. The zero-order chi connectivity index (χ0) is 13.1. The van der Waals surface area contributed by atoms with Crippen LogP contribution in [0.25, 0.3) is 0 Å². The van der Waals surface area contributed by atoms with E-state index in [1.54, 1.807) is 0 Å². The molecule has 0 saturated carbocycles. The molecule has 0 saturated heterocycles. The molecular formula is C19H26BPSn+. The maximum absolute atomic E-state index is 3.48. The summed E-state index contributed by atoms with van der Waals surface area (Å²) in [5.41, 5.74) is 0. The van der Waals surface area contributed by atoms with Crippen LogP contribution in [0, 0.1) is 6.08 Å². The normalized spacial score (nSPS) is 12.5. The van der Waals surface area contributed by atoms with Crippen molar-refractivity contribution in [2.24, 2.45) is 0 Å². The van der Waals surface area contributed by atoms with Crippen LogP contribution in [0.3, 0.4) is 0 Å². The van der Waals surface area contributed by atoms with E-state index in [0.29, 0.717) is 0 Å². The molecule has 2 aromatic carbocycles. The summed E-state index contributed by atoms with van der Waals surface area (Å²) in [4.78, 5) is 0. The molecule has 0 aromatic heterocycles. The number of benzene rings is 2. The summed E-state index contributed by atoms with van der Waals surface area (Å²) in [6.07, 6.45) is 8.79. The maximum atomic E-state index is 3.48. The van der Waals surface area contributed by atoms with Gasteiger partial charge in [-0.25, -0.2) is 0 Å². The molecule has 0 atom stereocenters. The molecule has 0 fully saturated rings. The molecule has 1 aliphatic carbocycles. The Labute approximate surface area is 155 Å². The summed E-state index contributed by atoms with van der Waals surface area (Å²) in [6.45, 7) is 0. The van der Waals surface area contributed by atoms with E-state index in [1.807, 2.05) is 0 Å². The minimum atomic E-state index is -1.48. The van der Waals surface area contributed by atoms with Gasteiger partial charge in [0.25, 0.3) is 0 Å². The topological polar surface area (TPSA) is 0 Å². The van der Waals surface area contributed by atoms with E-state index in [2.05, 4.69) is 86.5 Å². The summed E-state index contributed by atoms with van der Waals surface area (Å²) in [5, 5.41) is 4.32. The second-order valence-electron chi connectivity index (χ2n) is 4.87. The minimum absolute atomic E-state index is 0. The van der Waals surface area contributed by atoms with Crippen LogP contribution < -0.4 is 10.6 Å². The molecule has 0 nitrogen and oxygen atoms in total. The molecule has 0 heterocycles. The number of allylic oxidation sites excluding steroid dienone is 4. The van der Waals surface area contributed by atoms with Crippen LogP contribution in [0.1, 0.15) is 22.7 Å². The van der Waals surface area contributed by atoms with Crippen molar-refractivity contribution >= 4 is 49.2 Å². The molecule has 113 valence electrons. The fourth-order valence-electron chi connectivity index (χ4n) is 2.61. The van der Waals surface area contributed by atoms with Gasteiger partial charge in [-0.1, -0.05) is 63.4 Å². The van der Waals surface area contributed by atoms with E-state index in [1.165, 1.54) is 15.9 Å². The molecule has 0 aliphatic heterocycles. The summed E-state index contributed by atoms with van der Waals surface area (Å²) in [5.74, 6) is 0. The van der Waals surface area contributed by atoms with Crippen molar-refractivity contribution in [2.75, 3.05) is 0 Å². The van der Waals surface area contributed by atoms with Gasteiger partial charge in [0.2, 0.25) is 0 Å². The van der Waals surface area contributed by atoms with Gasteiger partial charge >= 0.3 is 7.57 Å². The van der Waals surface area contributed by atoms with E-state index < -0.39 is 7.14 Å². The van der Waals surface area contributed by atoms with E-state index in [-0.39, 0.29) is 40.2 Å². The van der Waals surface area contributed by atoms with Crippen LogP contribution in [0.2, 0.25) is 0 Å². The predicted molar refractivity (Wildman–Crippen MR) is 109 cm³/mol. The van der Waals surface area contributed by atoms with E-state index >= 15 is 0 Å². The summed E-state index contributed by atoms with van der Waals surface area (Å²) < 4.78 is 0. The number of hydrogen-bond donors (Lipinski definition) is 0. The molecule has 1 aliphatic rings. The van der Waals surface area contributed by atoms with Crippen LogP contribution in [0.5, 0.6) is 0 Å². The second kappa shape index (κ2) is 9.37. The minimum Gasteiger partial charge on any atom is -0.0776 e. The molecule has 0 N–H and O–H groups in total. The van der Waals surface area contributed by atoms with E-state index in [4.69, 9.17) is 0 Å². The van der Waals surface area contributed by atoms with Crippen molar-refractivity contribution in [2.45, 2.75) is 21.3 Å². The molecule has 0 spiro atoms. The molecule has 0 bridgehead atoms. The van der Waals surface area contributed by atoms with Gasteiger partial charge in [-0.15, -0.1) is 0 Å². The second-order valence-corrected chi connectivity index (χ2v) is 8.46. The van der Waals surface area contributed by atoms with Crippen molar-refractivity contribution in [3.63, 3.8) is 0 Å². The van der Waals surface area contributed by atoms with Gasteiger partial charge in [0, 0.05) is 37.8 Å². The fraction of sp³-hybridized carbons (Fsp3) is 0.158. The zero-order valence-corrected chi connectivity index (χ0v) is 15.3. The van der Waals surface area contributed by atoms with Crippen molar-refractivity contribution in [1.82, 2.24) is 0 Å². The Kier molecular flexibility index (Phi) is 9.04. The Hall–Kier alpha value is -0.786. The third-order valence-corrected chi connectivity index (χ3v) is 7.82. The molecule has 0 unspecified atom stereocenters. The number of rotatable bonds is 3. The smallest absolute Gasteiger partial charge is 0.0776 e. The SMILES string of the molecule is B[P+](C1=[C]C=CC1)(c1ccccc1)c1ccccc1.C.C.[HH].[Sn]. The van der Waals surface area contributed by atoms with Gasteiger partial charge < -0.3 is 0 Å². The molecule has 2 aromatic rings. The van der Waals surface area contributed by atoms with Crippen molar-refractivity contribution < 1.29 is 1.43 Å². The zero-order valence-electron chi connectivity index (χ0n) is 11.6. The van der Waals surface area contributed by atoms with Crippen LogP contribution in [-0.2, 0) is 0 Å². The van der Waals surface area contributed by atoms with Crippen LogP contribution in [0.15, 0.2) is 78.1 Å². The first kappa shape index (κ1) is 21.2. The molecule has 0 amide bonds. The third kappa shape index (κ3) is 3.94. The van der Waals surface area contributed by atoms with Crippen molar-refractivity contribution in [3.05, 3.63) is 84.2 Å². The summed E-state index contributed by atoms with van der Waals surface area (Å²) >= 11 is 0. The van der Waals surface area contributed by atoms with Crippen LogP contribution in [-0.4, -0.2) is 31.5 Å². The fourth-order valence-corrected chi connectivity index (χ4v) is 5.87. The van der Waals surface area contributed by atoms with Crippen LogP contribution >= 0.6 is 7.14 Å². The molecular weight excluding hydrogens is 389 g/mol. The largest absolute Gasteiger partial charge is 0.323 e. The standard InChI is InChI=1S/C17H16BP.2CH4.Sn.H2/c18-19(17-13-7-8-14-17,15-9-3-1-4-10-15)16-11-5-2-6-12-16;;;;/h1-12H,13,18H2;2*1H4;;1H/q+1;;;;. The quantitative estimate of drug-likeness (QED) is 0.526.